The molecule has 0 saturated heterocycles. The van der Waals surface area contributed by atoms with E-state index in [-0.39, 0.29) is 0 Å². The van der Waals surface area contributed by atoms with Crippen LogP contribution in [0.3, 0.4) is 0 Å². The molecule has 0 bridgehead atoms. The van der Waals surface area contributed by atoms with Crippen LogP contribution in [0.4, 0.5) is 45.5 Å². The molecule has 0 aliphatic heterocycles. The second kappa shape index (κ2) is 7.69. The highest BCUT2D eigenvalue weighted by atomic mass is 16.7. The fourth-order valence-corrected chi connectivity index (χ4v) is 2.82. The number of nitro benzene ring substituents is 6. The minimum Gasteiger partial charge on any atom is -0.396 e. The number of nitrogens with two attached hydrogens (primary N) is 2. The van der Waals surface area contributed by atoms with E-state index in [1.807, 2.05) is 0 Å². The Bertz CT molecular complexity index is 1220. The van der Waals surface area contributed by atoms with Crippen LogP contribution < -0.4 is 11.5 Å². The standard InChI is InChI=1S/C12H6N8O12/c13-6-3(1-2-4(7(6)14)15(21)22)5-8(16(23)24)10(18(27)28)12(20(31)32)11(19(29)30)9(5)17(25)26/h1-2H,13-14H2. The van der Waals surface area contributed by atoms with Gasteiger partial charge in [0.1, 0.15) is 5.69 Å². The molecule has 0 fully saturated rings. The van der Waals surface area contributed by atoms with Crippen molar-refractivity contribution in [2.75, 3.05) is 11.5 Å². The molecule has 0 spiro atoms. The van der Waals surface area contributed by atoms with E-state index < -0.39 is 86.2 Å². The summed E-state index contributed by atoms with van der Waals surface area (Å²) in [6, 6.07) is 1.14. The molecule has 166 valence electrons. The summed E-state index contributed by atoms with van der Waals surface area (Å²) >= 11 is 0. The molecule has 0 heterocycles. The predicted molar refractivity (Wildman–Crippen MR) is 101 cm³/mol. The minimum atomic E-state index is -2.12. The Balaban J connectivity index is 3.37. The van der Waals surface area contributed by atoms with Crippen LogP contribution >= 0.6 is 0 Å². The SMILES string of the molecule is Nc1c(-c2c([N+](=O)[O-])c([N+](=O)[O-])c([N+](=O)[O-])c([N+](=O)[O-])c2[N+](=O)[O-])ccc([N+](=O)[O-])c1N. The Kier molecular flexibility index (Phi) is 5.46. The zero-order chi connectivity index (χ0) is 24.7. The molecule has 0 saturated carbocycles. The van der Waals surface area contributed by atoms with Crippen molar-refractivity contribution >= 4 is 45.5 Å². The largest absolute Gasteiger partial charge is 0.437 e. The van der Waals surface area contributed by atoms with Crippen LogP contribution in [-0.4, -0.2) is 29.5 Å². The van der Waals surface area contributed by atoms with E-state index in [2.05, 4.69) is 0 Å². The van der Waals surface area contributed by atoms with Crippen molar-refractivity contribution in [2.24, 2.45) is 0 Å². The van der Waals surface area contributed by atoms with E-state index in [0.717, 1.165) is 0 Å². The number of hydrogen-bond acceptors (Lipinski definition) is 14. The molecular formula is C12H6N8O12. The van der Waals surface area contributed by atoms with Crippen LogP contribution in [-0.2, 0) is 0 Å². The van der Waals surface area contributed by atoms with Crippen molar-refractivity contribution < 1.29 is 29.5 Å². The van der Waals surface area contributed by atoms with Gasteiger partial charge in [0, 0.05) is 11.6 Å². The lowest BCUT2D eigenvalue weighted by Gasteiger charge is -2.10. The second-order valence-corrected chi connectivity index (χ2v) is 5.62. The molecule has 0 radical (unpaired) electrons. The van der Waals surface area contributed by atoms with Crippen LogP contribution in [0.1, 0.15) is 0 Å². The van der Waals surface area contributed by atoms with Gasteiger partial charge in [0.25, 0.3) is 5.69 Å². The smallest absolute Gasteiger partial charge is 0.396 e. The van der Waals surface area contributed by atoms with E-state index in [4.69, 9.17) is 11.5 Å². The number of nitrogen functional groups attached to an aromatic ring is 2. The maximum Gasteiger partial charge on any atom is 0.437 e. The Morgan fingerprint density at radius 3 is 1.16 bits per heavy atom. The van der Waals surface area contributed by atoms with Gasteiger partial charge in [-0.1, -0.05) is 0 Å². The van der Waals surface area contributed by atoms with Gasteiger partial charge in [-0.05, 0) is 6.07 Å². The molecule has 20 heteroatoms. The lowest BCUT2D eigenvalue weighted by molar-refractivity contribution is -0.459. The third-order valence-corrected chi connectivity index (χ3v) is 4.01. The third kappa shape index (κ3) is 3.34. The first-order valence-corrected chi connectivity index (χ1v) is 7.52. The molecule has 2 aromatic carbocycles. The lowest BCUT2D eigenvalue weighted by Crippen LogP contribution is -2.11. The van der Waals surface area contributed by atoms with Gasteiger partial charge in [-0.3, -0.25) is 60.7 Å². The van der Waals surface area contributed by atoms with Crippen molar-refractivity contribution in [3.63, 3.8) is 0 Å². The fourth-order valence-electron chi connectivity index (χ4n) is 2.82. The van der Waals surface area contributed by atoms with Gasteiger partial charge in [-0.2, -0.15) is 0 Å². The summed E-state index contributed by atoms with van der Waals surface area (Å²) in [5.74, 6) is 0. The van der Waals surface area contributed by atoms with Gasteiger partial charge in [-0.15, -0.1) is 0 Å². The normalized spacial score (nSPS) is 10.4. The zero-order valence-electron chi connectivity index (χ0n) is 14.9. The van der Waals surface area contributed by atoms with Crippen LogP contribution in [0, 0.1) is 60.7 Å². The maximum absolute atomic E-state index is 11.6. The minimum absolute atomic E-state index is 0.568. The summed E-state index contributed by atoms with van der Waals surface area (Å²) < 4.78 is 0. The van der Waals surface area contributed by atoms with Crippen LogP contribution in [0.25, 0.3) is 11.1 Å². The van der Waals surface area contributed by atoms with Crippen LogP contribution in [0.15, 0.2) is 12.1 Å². The molecule has 0 unspecified atom stereocenters. The van der Waals surface area contributed by atoms with Gasteiger partial charge in [0.15, 0.2) is 5.56 Å². The lowest BCUT2D eigenvalue weighted by atomic mass is 9.95. The number of anilines is 2. The average molecular weight is 454 g/mol. The number of rotatable bonds is 7. The quantitative estimate of drug-likeness (QED) is 0.343. The van der Waals surface area contributed by atoms with E-state index in [9.17, 15) is 60.7 Å². The van der Waals surface area contributed by atoms with E-state index in [1.165, 1.54) is 0 Å². The molecule has 4 N–H and O–H groups in total. The molecule has 0 atom stereocenters. The first kappa shape index (κ1) is 22.7. The molecule has 0 aliphatic rings. The van der Waals surface area contributed by atoms with Crippen molar-refractivity contribution in [3.05, 3.63) is 72.8 Å². The Morgan fingerprint density at radius 2 is 0.844 bits per heavy atom. The number of benzene rings is 2. The highest BCUT2D eigenvalue weighted by Gasteiger charge is 2.55. The van der Waals surface area contributed by atoms with Gasteiger partial charge < -0.3 is 11.5 Å². The van der Waals surface area contributed by atoms with Crippen molar-refractivity contribution in [2.45, 2.75) is 0 Å². The maximum atomic E-state index is 11.6. The number of nitrogens with zero attached hydrogens (tertiary/aromatic N) is 6. The van der Waals surface area contributed by atoms with E-state index in [0.29, 0.717) is 12.1 Å². The molecule has 0 aromatic heterocycles. The highest BCUT2D eigenvalue weighted by Crippen LogP contribution is 2.56. The summed E-state index contributed by atoms with van der Waals surface area (Å²) in [6.45, 7) is 0. The average Bonchev–Trinajstić information content (AvgIpc) is 2.66. The Morgan fingerprint density at radius 1 is 0.500 bits per heavy atom. The van der Waals surface area contributed by atoms with Crippen molar-refractivity contribution in [3.8, 4) is 11.1 Å². The van der Waals surface area contributed by atoms with Gasteiger partial charge in [0.2, 0.25) is 0 Å². The summed E-state index contributed by atoms with van der Waals surface area (Å²) in [5, 5.41) is 68.4. The first-order valence-electron chi connectivity index (χ1n) is 7.52. The summed E-state index contributed by atoms with van der Waals surface area (Å²) in [7, 11) is 0. The molecule has 2 rings (SSSR count). The number of hydrogen-bond donors (Lipinski definition) is 2. The zero-order valence-corrected chi connectivity index (χ0v) is 14.9. The first-order chi connectivity index (χ1) is 14.7. The Hall–Kier alpha value is -5.56. The highest BCUT2D eigenvalue weighted by molar-refractivity contribution is 6.02. The molecule has 2 aromatic rings. The van der Waals surface area contributed by atoms with Crippen molar-refractivity contribution in [1.29, 1.82) is 0 Å². The molecule has 32 heavy (non-hydrogen) atoms. The summed E-state index contributed by atoms with van der Waals surface area (Å²) in [6.07, 6.45) is 0. The summed E-state index contributed by atoms with van der Waals surface area (Å²) in [5.41, 5.74) is -3.93. The summed E-state index contributed by atoms with van der Waals surface area (Å²) in [4.78, 5) is 59.0. The van der Waals surface area contributed by atoms with Gasteiger partial charge in [0.05, 0.1) is 35.2 Å². The van der Waals surface area contributed by atoms with Crippen LogP contribution in [0.2, 0.25) is 0 Å². The predicted octanol–water partition coefficient (Wildman–Crippen LogP) is 1.97. The topological polar surface area (TPSA) is 311 Å². The van der Waals surface area contributed by atoms with E-state index >= 15 is 0 Å². The van der Waals surface area contributed by atoms with Gasteiger partial charge in [-0.25, -0.2) is 0 Å². The Labute approximate surface area is 171 Å². The van der Waals surface area contributed by atoms with Gasteiger partial charge >= 0.3 is 28.4 Å². The molecular weight excluding hydrogens is 448 g/mol. The van der Waals surface area contributed by atoms with E-state index in [1.54, 1.807) is 0 Å². The molecule has 20 nitrogen and oxygen atoms in total. The third-order valence-electron chi connectivity index (χ3n) is 4.01. The molecule has 0 amide bonds. The fraction of sp³-hybridized carbons (Fsp3) is 0. The van der Waals surface area contributed by atoms with Crippen LogP contribution in [0.5, 0.6) is 0 Å². The molecule has 0 aliphatic carbocycles. The van der Waals surface area contributed by atoms with Crippen molar-refractivity contribution in [1.82, 2.24) is 0 Å². The monoisotopic (exact) mass is 454 g/mol. The number of nitro groups is 6. The second-order valence-electron chi connectivity index (χ2n) is 5.62.